The number of benzene rings is 1. The molecule has 8 heteroatoms. The number of hydrogen-bond acceptors (Lipinski definition) is 3. The van der Waals surface area contributed by atoms with E-state index in [9.17, 15) is 13.2 Å². The second kappa shape index (κ2) is 13.8. The van der Waals surface area contributed by atoms with Crippen molar-refractivity contribution in [3.63, 3.8) is 0 Å². The first-order valence-corrected chi connectivity index (χ1v) is 10.6. The van der Waals surface area contributed by atoms with E-state index in [1.807, 2.05) is 18.2 Å². The molecule has 1 aromatic carbocycles. The van der Waals surface area contributed by atoms with E-state index >= 15 is 0 Å². The largest absolute Gasteiger partial charge is 0.490 e. The molecule has 0 unspecified atom stereocenters. The first kappa shape index (κ1) is 25.7. The Morgan fingerprint density at radius 2 is 1.90 bits per heavy atom. The van der Waals surface area contributed by atoms with Gasteiger partial charge in [-0.2, -0.15) is 13.2 Å². The Labute approximate surface area is 176 Å². The van der Waals surface area contributed by atoms with Crippen molar-refractivity contribution in [2.75, 3.05) is 26.2 Å². The molecular formula is C21H32ClF3N2O2. The number of hydrogen-bond donors (Lipinski definition) is 2. The Morgan fingerprint density at radius 1 is 1.24 bits per heavy atom. The zero-order valence-corrected chi connectivity index (χ0v) is 17.7. The van der Waals surface area contributed by atoms with Gasteiger partial charge in [-0.25, -0.2) is 4.79 Å². The van der Waals surface area contributed by atoms with Crippen molar-refractivity contribution in [3.8, 4) is 0 Å². The van der Waals surface area contributed by atoms with Crippen LogP contribution in [0.5, 0.6) is 0 Å². The Bertz CT molecular complexity index is 592. The number of halogens is 4. The van der Waals surface area contributed by atoms with Gasteiger partial charge in [0.25, 0.3) is 0 Å². The van der Waals surface area contributed by atoms with Crippen LogP contribution in [0.1, 0.15) is 51.0 Å². The van der Waals surface area contributed by atoms with Gasteiger partial charge < -0.3 is 15.3 Å². The molecule has 1 fully saturated rings. The van der Waals surface area contributed by atoms with Gasteiger partial charge in [0.1, 0.15) is 0 Å². The second-order valence-electron chi connectivity index (χ2n) is 7.41. The van der Waals surface area contributed by atoms with Crippen LogP contribution in [0.25, 0.3) is 0 Å². The topological polar surface area (TPSA) is 52.6 Å². The Hall–Kier alpha value is -1.31. The van der Waals surface area contributed by atoms with Gasteiger partial charge in [0.05, 0.1) is 0 Å². The average molecular weight is 437 g/mol. The molecule has 29 heavy (non-hydrogen) atoms. The minimum Gasteiger partial charge on any atom is -0.475 e. The lowest BCUT2D eigenvalue weighted by atomic mass is 9.96. The van der Waals surface area contributed by atoms with Crippen LogP contribution in [0.4, 0.5) is 13.2 Å². The number of carboxylic acids is 1. The predicted molar refractivity (Wildman–Crippen MR) is 110 cm³/mol. The van der Waals surface area contributed by atoms with Crippen molar-refractivity contribution in [2.24, 2.45) is 5.92 Å². The summed E-state index contributed by atoms with van der Waals surface area (Å²) >= 11 is 6.02. The maximum Gasteiger partial charge on any atom is 0.490 e. The van der Waals surface area contributed by atoms with Gasteiger partial charge in [0.2, 0.25) is 0 Å². The summed E-state index contributed by atoms with van der Waals surface area (Å²) in [5, 5.41) is 11.6. The molecule has 0 aromatic heterocycles. The number of nitrogens with zero attached hydrogens (tertiary/aromatic N) is 1. The SMILES string of the molecule is CCCCCCN1CCC(CNCc2cccc(Cl)c2)CC1.O=C(O)C(F)(F)F. The van der Waals surface area contributed by atoms with E-state index in [0.717, 1.165) is 24.0 Å². The van der Waals surface area contributed by atoms with E-state index in [1.165, 1.54) is 63.7 Å². The third kappa shape index (κ3) is 12.1. The van der Waals surface area contributed by atoms with Crippen molar-refractivity contribution in [1.29, 1.82) is 0 Å². The highest BCUT2D eigenvalue weighted by molar-refractivity contribution is 6.30. The maximum absolute atomic E-state index is 10.6. The van der Waals surface area contributed by atoms with Gasteiger partial charge >= 0.3 is 12.1 Å². The lowest BCUT2D eigenvalue weighted by Crippen LogP contribution is -2.37. The number of carboxylic acid groups (broad SMARTS) is 1. The van der Waals surface area contributed by atoms with E-state index in [0.29, 0.717) is 0 Å². The van der Waals surface area contributed by atoms with Gasteiger partial charge in [0, 0.05) is 11.6 Å². The third-order valence-electron chi connectivity index (χ3n) is 4.93. The van der Waals surface area contributed by atoms with Gasteiger partial charge in [-0.1, -0.05) is 49.9 Å². The minimum absolute atomic E-state index is 0.829. The third-order valence-corrected chi connectivity index (χ3v) is 5.16. The van der Waals surface area contributed by atoms with Crippen molar-refractivity contribution in [3.05, 3.63) is 34.9 Å². The average Bonchev–Trinajstić information content (AvgIpc) is 2.66. The molecule has 1 aliphatic rings. The Morgan fingerprint density at radius 3 is 2.45 bits per heavy atom. The molecule has 0 bridgehead atoms. The van der Waals surface area contributed by atoms with Crippen LogP contribution in [-0.4, -0.2) is 48.3 Å². The Kier molecular flexibility index (Phi) is 12.3. The molecule has 2 rings (SSSR count). The number of aliphatic carboxylic acids is 1. The smallest absolute Gasteiger partial charge is 0.475 e. The monoisotopic (exact) mass is 436 g/mol. The summed E-state index contributed by atoms with van der Waals surface area (Å²) in [4.78, 5) is 11.6. The number of piperidine rings is 1. The zero-order chi connectivity index (χ0) is 21.7. The van der Waals surface area contributed by atoms with Crippen LogP contribution in [-0.2, 0) is 11.3 Å². The lowest BCUT2D eigenvalue weighted by molar-refractivity contribution is -0.192. The normalized spacial score (nSPS) is 15.6. The molecule has 2 N–H and O–H groups in total. The summed E-state index contributed by atoms with van der Waals surface area (Å²) in [5.74, 6) is -1.92. The quantitative estimate of drug-likeness (QED) is 0.512. The van der Waals surface area contributed by atoms with E-state index in [-0.39, 0.29) is 0 Å². The molecule has 1 saturated heterocycles. The van der Waals surface area contributed by atoms with E-state index in [1.54, 1.807) is 0 Å². The maximum atomic E-state index is 10.6. The second-order valence-corrected chi connectivity index (χ2v) is 7.85. The zero-order valence-electron chi connectivity index (χ0n) is 17.0. The predicted octanol–water partition coefficient (Wildman–Crippen LogP) is 5.36. The standard InChI is InChI=1S/C19H31ClN2.C2HF3O2/c1-2-3-4-5-11-22-12-9-17(10-13-22)15-21-16-18-7-6-8-19(20)14-18;3-2(4,5)1(6)7/h6-8,14,17,21H,2-5,9-13,15-16H2,1H3;(H,6,7). The summed E-state index contributed by atoms with van der Waals surface area (Å²) in [6, 6.07) is 8.14. The summed E-state index contributed by atoms with van der Waals surface area (Å²) in [5.41, 5.74) is 1.28. The van der Waals surface area contributed by atoms with E-state index in [2.05, 4.69) is 23.2 Å². The molecule has 0 amide bonds. The highest BCUT2D eigenvalue weighted by atomic mass is 35.5. The fraction of sp³-hybridized carbons (Fsp3) is 0.667. The molecule has 1 aliphatic heterocycles. The first-order valence-electron chi connectivity index (χ1n) is 10.2. The highest BCUT2D eigenvalue weighted by Crippen LogP contribution is 2.17. The van der Waals surface area contributed by atoms with E-state index < -0.39 is 12.1 Å². The summed E-state index contributed by atoms with van der Waals surface area (Å²) in [6.45, 7) is 8.23. The van der Waals surface area contributed by atoms with Crippen molar-refractivity contribution >= 4 is 17.6 Å². The summed E-state index contributed by atoms with van der Waals surface area (Å²) < 4.78 is 31.7. The number of likely N-dealkylation sites (tertiary alicyclic amines) is 1. The number of rotatable bonds is 9. The van der Waals surface area contributed by atoms with Crippen molar-refractivity contribution in [1.82, 2.24) is 10.2 Å². The van der Waals surface area contributed by atoms with E-state index in [4.69, 9.17) is 21.5 Å². The molecule has 0 spiro atoms. The number of nitrogens with one attached hydrogen (secondary N) is 1. The lowest BCUT2D eigenvalue weighted by Gasteiger charge is -2.32. The molecule has 0 saturated carbocycles. The molecule has 0 atom stereocenters. The van der Waals surface area contributed by atoms with Crippen LogP contribution < -0.4 is 5.32 Å². The molecular weight excluding hydrogens is 405 g/mol. The number of carbonyl (C=O) groups is 1. The Balaban J connectivity index is 0.000000516. The van der Waals surface area contributed by atoms with Crippen LogP contribution in [0.3, 0.4) is 0 Å². The number of alkyl halides is 3. The van der Waals surface area contributed by atoms with Gasteiger partial charge in [-0.3, -0.25) is 0 Å². The molecule has 0 radical (unpaired) electrons. The minimum atomic E-state index is -5.08. The van der Waals surface area contributed by atoms with Gasteiger partial charge in [-0.05, 0) is 69.1 Å². The van der Waals surface area contributed by atoms with Gasteiger partial charge in [-0.15, -0.1) is 0 Å². The number of unbranched alkanes of at least 4 members (excludes halogenated alkanes) is 3. The van der Waals surface area contributed by atoms with Crippen LogP contribution in [0.2, 0.25) is 5.02 Å². The molecule has 4 nitrogen and oxygen atoms in total. The fourth-order valence-electron chi connectivity index (χ4n) is 3.24. The van der Waals surface area contributed by atoms with Gasteiger partial charge in [0.15, 0.2) is 0 Å². The summed E-state index contributed by atoms with van der Waals surface area (Å²) in [7, 11) is 0. The van der Waals surface area contributed by atoms with Crippen LogP contribution >= 0.6 is 11.6 Å². The molecule has 1 aromatic rings. The first-order chi connectivity index (χ1) is 13.7. The summed E-state index contributed by atoms with van der Waals surface area (Å²) in [6.07, 6.45) is 3.11. The molecule has 1 heterocycles. The molecule has 166 valence electrons. The van der Waals surface area contributed by atoms with Crippen molar-refractivity contribution < 1.29 is 23.1 Å². The molecule has 0 aliphatic carbocycles. The van der Waals surface area contributed by atoms with Crippen LogP contribution in [0.15, 0.2) is 24.3 Å². The van der Waals surface area contributed by atoms with Crippen molar-refractivity contribution in [2.45, 2.75) is 58.2 Å². The highest BCUT2D eigenvalue weighted by Gasteiger charge is 2.38. The fourth-order valence-corrected chi connectivity index (χ4v) is 3.46. The van der Waals surface area contributed by atoms with Crippen LogP contribution in [0, 0.1) is 5.92 Å².